The molecule has 0 aromatic heterocycles. The Bertz CT molecular complexity index is 666. The van der Waals surface area contributed by atoms with Gasteiger partial charge in [-0.2, -0.15) is 4.31 Å². The largest absolute Gasteiger partial charge is 0.352 e. The van der Waals surface area contributed by atoms with Crippen molar-refractivity contribution in [3.63, 3.8) is 0 Å². The number of piperidine rings is 1. The molecule has 0 unspecified atom stereocenters. The smallest absolute Gasteiger partial charge is 0.244 e. The summed E-state index contributed by atoms with van der Waals surface area (Å²) in [6.45, 7) is 2.23. The molecule has 0 aliphatic carbocycles. The first-order valence-corrected chi connectivity index (χ1v) is 8.91. The van der Waals surface area contributed by atoms with E-state index >= 15 is 0 Å². The summed E-state index contributed by atoms with van der Waals surface area (Å²) in [5.41, 5.74) is 0. The molecule has 1 atom stereocenters. The molecule has 1 aromatic carbocycles. The van der Waals surface area contributed by atoms with E-state index in [4.69, 9.17) is 11.6 Å². The van der Waals surface area contributed by atoms with Gasteiger partial charge in [0.25, 0.3) is 0 Å². The Labute approximate surface area is 134 Å². The summed E-state index contributed by atoms with van der Waals surface area (Å²) < 4.78 is 39.8. The standard InChI is InChI=1S/C14H18ClFN2O3S/c1-2-14(19)17-11-4-3-7-18(9-11)22(20,21)13-8-10(16)5-6-12(13)15/h5-6,8,11H,2-4,7,9H2,1H3,(H,17,19)/t11-/m1/s1. The van der Waals surface area contributed by atoms with E-state index in [2.05, 4.69) is 5.32 Å². The first kappa shape index (κ1) is 17.2. The third-order valence-corrected chi connectivity index (χ3v) is 5.93. The molecule has 1 saturated heterocycles. The monoisotopic (exact) mass is 348 g/mol. The van der Waals surface area contributed by atoms with Gasteiger partial charge in [-0.1, -0.05) is 18.5 Å². The van der Waals surface area contributed by atoms with E-state index in [-0.39, 0.29) is 28.4 Å². The number of benzene rings is 1. The van der Waals surface area contributed by atoms with Crippen LogP contribution in [0.25, 0.3) is 0 Å². The fraction of sp³-hybridized carbons (Fsp3) is 0.500. The van der Waals surface area contributed by atoms with Crippen molar-refractivity contribution in [2.75, 3.05) is 13.1 Å². The van der Waals surface area contributed by atoms with Gasteiger partial charge in [-0.05, 0) is 31.0 Å². The summed E-state index contributed by atoms with van der Waals surface area (Å²) in [4.78, 5) is 11.2. The second kappa shape index (κ2) is 6.93. The number of hydrogen-bond donors (Lipinski definition) is 1. The molecule has 0 spiro atoms. The zero-order valence-corrected chi connectivity index (χ0v) is 13.8. The van der Waals surface area contributed by atoms with Crippen LogP contribution in [0.2, 0.25) is 5.02 Å². The molecular weight excluding hydrogens is 331 g/mol. The van der Waals surface area contributed by atoms with Crippen molar-refractivity contribution in [3.8, 4) is 0 Å². The molecule has 1 aromatic rings. The molecule has 5 nitrogen and oxygen atoms in total. The van der Waals surface area contributed by atoms with E-state index in [1.807, 2.05) is 0 Å². The van der Waals surface area contributed by atoms with Gasteiger partial charge in [-0.3, -0.25) is 4.79 Å². The van der Waals surface area contributed by atoms with Gasteiger partial charge in [0.1, 0.15) is 10.7 Å². The van der Waals surface area contributed by atoms with Crippen LogP contribution in [0.1, 0.15) is 26.2 Å². The van der Waals surface area contributed by atoms with E-state index in [1.54, 1.807) is 6.92 Å². The molecule has 0 saturated carbocycles. The zero-order chi connectivity index (χ0) is 16.3. The number of nitrogens with zero attached hydrogens (tertiary/aromatic N) is 1. The van der Waals surface area contributed by atoms with Crippen LogP contribution in [0.4, 0.5) is 4.39 Å². The number of carbonyl (C=O) groups is 1. The molecule has 1 N–H and O–H groups in total. The third kappa shape index (κ3) is 3.77. The highest BCUT2D eigenvalue weighted by atomic mass is 35.5. The molecule has 1 fully saturated rings. The minimum absolute atomic E-state index is 0.0129. The average Bonchev–Trinajstić information content (AvgIpc) is 2.49. The quantitative estimate of drug-likeness (QED) is 0.906. The van der Waals surface area contributed by atoms with Crippen LogP contribution in [0.3, 0.4) is 0 Å². The minimum Gasteiger partial charge on any atom is -0.352 e. The molecule has 8 heteroatoms. The highest BCUT2D eigenvalue weighted by molar-refractivity contribution is 7.89. The van der Waals surface area contributed by atoms with Crippen LogP contribution >= 0.6 is 11.6 Å². The minimum atomic E-state index is -3.88. The molecule has 0 bridgehead atoms. The van der Waals surface area contributed by atoms with Gasteiger partial charge in [0.2, 0.25) is 15.9 Å². The molecule has 0 radical (unpaired) electrons. The number of sulfonamides is 1. The lowest BCUT2D eigenvalue weighted by atomic mass is 10.1. The van der Waals surface area contributed by atoms with Crippen LogP contribution in [0.5, 0.6) is 0 Å². The summed E-state index contributed by atoms with van der Waals surface area (Å²) in [6, 6.07) is 3.03. The van der Waals surface area contributed by atoms with Gasteiger partial charge >= 0.3 is 0 Å². The number of amides is 1. The Morgan fingerprint density at radius 2 is 2.23 bits per heavy atom. The molecule has 1 aliphatic rings. The number of halogens is 2. The van der Waals surface area contributed by atoms with E-state index < -0.39 is 15.8 Å². The van der Waals surface area contributed by atoms with E-state index in [1.165, 1.54) is 10.4 Å². The van der Waals surface area contributed by atoms with Crippen LogP contribution in [-0.2, 0) is 14.8 Å². The van der Waals surface area contributed by atoms with Crippen molar-refractivity contribution >= 4 is 27.5 Å². The van der Waals surface area contributed by atoms with Gasteiger partial charge in [-0.15, -0.1) is 0 Å². The zero-order valence-electron chi connectivity index (χ0n) is 12.2. The Hall–Kier alpha value is -1.18. The van der Waals surface area contributed by atoms with Gasteiger partial charge in [0.05, 0.1) is 5.02 Å². The predicted octanol–water partition coefficient (Wildman–Crippen LogP) is 2.16. The highest BCUT2D eigenvalue weighted by Crippen LogP contribution is 2.27. The number of nitrogens with one attached hydrogen (secondary N) is 1. The summed E-state index contributed by atoms with van der Waals surface area (Å²) in [6.07, 6.45) is 1.69. The highest BCUT2D eigenvalue weighted by Gasteiger charge is 2.32. The number of rotatable bonds is 4. The van der Waals surface area contributed by atoms with Crippen molar-refractivity contribution in [1.82, 2.24) is 9.62 Å². The maximum absolute atomic E-state index is 13.3. The summed E-state index contributed by atoms with van der Waals surface area (Å²) in [5, 5.41) is 2.78. The second-order valence-electron chi connectivity index (χ2n) is 5.20. The molecule has 122 valence electrons. The van der Waals surface area contributed by atoms with Crippen LogP contribution in [0, 0.1) is 5.82 Å². The number of hydrogen-bond acceptors (Lipinski definition) is 3. The SMILES string of the molecule is CCC(=O)N[C@@H]1CCCN(S(=O)(=O)c2cc(F)ccc2Cl)C1. The number of carbonyl (C=O) groups excluding carboxylic acids is 1. The Morgan fingerprint density at radius 3 is 2.91 bits per heavy atom. The Kier molecular flexibility index (Phi) is 5.41. The van der Waals surface area contributed by atoms with Gasteiger partial charge < -0.3 is 5.32 Å². The predicted molar refractivity (Wildman–Crippen MR) is 81.6 cm³/mol. The topological polar surface area (TPSA) is 66.5 Å². The third-order valence-electron chi connectivity index (χ3n) is 3.58. The van der Waals surface area contributed by atoms with Crippen LogP contribution < -0.4 is 5.32 Å². The lowest BCUT2D eigenvalue weighted by Gasteiger charge is -2.32. The summed E-state index contributed by atoms with van der Waals surface area (Å²) in [7, 11) is -3.88. The first-order valence-electron chi connectivity index (χ1n) is 7.09. The Balaban J connectivity index is 2.22. The lowest BCUT2D eigenvalue weighted by Crippen LogP contribution is -2.49. The van der Waals surface area contributed by atoms with Crippen molar-refractivity contribution < 1.29 is 17.6 Å². The molecule has 2 rings (SSSR count). The molecule has 1 heterocycles. The normalized spacial score (nSPS) is 19.9. The van der Waals surface area contributed by atoms with E-state index in [9.17, 15) is 17.6 Å². The van der Waals surface area contributed by atoms with Gasteiger partial charge in [-0.25, -0.2) is 12.8 Å². The van der Waals surface area contributed by atoms with Crippen molar-refractivity contribution in [2.24, 2.45) is 0 Å². The van der Waals surface area contributed by atoms with Crippen molar-refractivity contribution in [2.45, 2.75) is 37.1 Å². The maximum atomic E-state index is 13.3. The van der Waals surface area contributed by atoms with Crippen molar-refractivity contribution in [3.05, 3.63) is 29.0 Å². The lowest BCUT2D eigenvalue weighted by molar-refractivity contribution is -0.121. The average molecular weight is 349 g/mol. The first-order chi connectivity index (χ1) is 10.3. The fourth-order valence-corrected chi connectivity index (χ4v) is 4.43. The summed E-state index contributed by atoms with van der Waals surface area (Å²) >= 11 is 5.90. The van der Waals surface area contributed by atoms with Crippen LogP contribution in [0.15, 0.2) is 23.1 Å². The van der Waals surface area contributed by atoms with Gasteiger partial charge in [0.15, 0.2) is 0 Å². The van der Waals surface area contributed by atoms with E-state index in [0.717, 1.165) is 12.1 Å². The molecule has 1 amide bonds. The molecular formula is C14H18ClFN2O3S. The molecule has 22 heavy (non-hydrogen) atoms. The second-order valence-corrected chi connectivity index (χ2v) is 7.51. The van der Waals surface area contributed by atoms with Gasteiger partial charge in [0, 0.05) is 25.6 Å². The van der Waals surface area contributed by atoms with Crippen molar-refractivity contribution in [1.29, 1.82) is 0 Å². The van der Waals surface area contributed by atoms with E-state index in [0.29, 0.717) is 25.8 Å². The summed E-state index contributed by atoms with van der Waals surface area (Å²) in [5.74, 6) is -0.774. The fourth-order valence-electron chi connectivity index (χ4n) is 2.42. The van der Waals surface area contributed by atoms with Crippen LogP contribution in [-0.4, -0.2) is 37.8 Å². The Morgan fingerprint density at radius 1 is 1.50 bits per heavy atom. The maximum Gasteiger partial charge on any atom is 0.244 e. The molecule has 1 aliphatic heterocycles.